The van der Waals surface area contributed by atoms with E-state index in [4.69, 9.17) is 4.74 Å². The summed E-state index contributed by atoms with van der Waals surface area (Å²) in [7, 11) is 0. The van der Waals surface area contributed by atoms with Crippen LogP contribution in [0.5, 0.6) is 0 Å². The van der Waals surface area contributed by atoms with Gasteiger partial charge in [-0.05, 0) is 70.5 Å². The lowest BCUT2D eigenvalue weighted by molar-refractivity contribution is -0.131. The van der Waals surface area contributed by atoms with Crippen molar-refractivity contribution < 1.29 is 19.1 Å². The van der Waals surface area contributed by atoms with E-state index in [9.17, 15) is 14.4 Å². The maximum Gasteiger partial charge on any atom is 0.411 e. The van der Waals surface area contributed by atoms with Gasteiger partial charge in [0.2, 0.25) is 0 Å². The highest BCUT2D eigenvalue weighted by molar-refractivity contribution is 7.99. The highest BCUT2D eigenvalue weighted by atomic mass is 32.2. The molecule has 158 valence electrons. The second kappa shape index (κ2) is 8.52. The van der Waals surface area contributed by atoms with Crippen molar-refractivity contribution in [3.63, 3.8) is 0 Å². The largest absolute Gasteiger partial charge is 0.444 e. The summed E-state index contributed by atoms with van der Waals surface area (Å²) in [6.45, 7) is 8.96. The molecule has 7 heteroatoms. The topological polar surface area (TPSA) is 66.9 Å². The van der Waals surface area contributed by atoms with Gasteiger partial charge < -0.3 is 4.74 Å². The molecule has 0 radical (unpaired) electrons. The smallest absolute Gasteiger partial charge is 0.411 e. The van der Waals surface area contributed by atoms with Crippen molar-refractivity contribution in [1.29, 1.82) is 0 Å². The Morgan fingerprint density at radius 3 is 2.10 bits per heavy atom. The summed E-state index contributed by atoms with van der Waals surface area (Å²) in [4.78, 5) is 41.8. The SMILES string of the molecule is Cc1ccc(Sc2ccc(N3C(=O)CN(C(=O)OC(C)(C)C)CC3=O)cc2)c(C)c1. The van der Waals surface area contributed by atoms with E-state index in [0.717, 1.165) is 19.6 Å². The van der Waals surface area contributed by atoms with Gasteiger partial charge in [0.05, 0.1) is 5.69 Å². The van der Waals surface area contributed by atoms with Crippen LogP contribution in [0.1, 0.15) is 31.9 Å². The van der Waals surface area contributed by atoms with Crippen molar-refractivity contribution >= 4 is 35.4 Å². The van der Waals surface area contributed by atoms with Crippen molar-refractivity contribution in [2.75, 3.05) is 18.0 Å². The lowest BCUT2D eigenvalue weighted by Crippen LogP contribution is -2.56. The minimum Gasteiger partial charge on any atom is -0.444 e. The number of imide groups is 1. The molecule has 1 heterocycles. The zero-order valence-corrected chi connectivity index (χ0v) is 18.7. The average molecular weight is 427 g/mol. The van der Waals surface area contributed by atoms with E-state index >= 15 is 0 Å². The Hall–Kier alpha value is -2.80. The molecule has 3 amide bonds. The van der Waals surface area contributed by atoms with E-state index in [0.29, 0.717) is 5.69 Å². The minimum absolute atomic E-state index is 0.195. The molecule has 0 saturated carbocycles. The van der Waals surface area contributed by atoms with Crippen LogP contribution < -0.4 is 4.90 Å². The number of anilines is 1. The van der Waals surface area contributed by atoms with E-state index in [1.165, 1.54) is 11.1 Å². The molecule has 1 saturated heterocycles. The lowest BCUT2D eigenvalue weighted by Gasteiger charge is -2.33. The Labute approximate surface area is 181 Å². The van der Waals surface area contributed by atoms with Crippen molar-refractivity contribution in [3.8, 4) is 0 Å². The van der Waals surface area contributed by atoms with Crippen LogP contribution in [0.4, 0.5) is 10.5 Å². The zero-order chi connectivity index (χ0) is 22.1. The van der Waals surface area contributed by atoms with Gasteiger partial charge in [0.25, 0.3) is 11.8 Å². The number of ether oxygens (including phenoxy) is 1. The molecule has 0 atom stereocenters. The number of piperazine rings is 1. The first-order valence-corrected chi connectivity index (χ1v) is 10.5. The highest BCUT2D eigenvalue weighted by Crippen LogP contribution is 2.32. The molecule has 0 spiro atoms. The van der Waals surface area contributed by atoms with Crippen molar-refractivity contribution in [1.82, 2.24) is 4.90 Å². The van der Waals surface area contributed by atoms with Crippen LogP contribution in [0.25, 0.3) is 0 Å². The Kier molecular flexibility index (Phi) is 6.22. The van der Waals surface area contributed by atoms with Crippen LogP contribution in [0.3, 0.4) is 0 Å². The van der Waals surface area contributed by atoms with Gasteiger partial charge in [0.1, 0.15) is 18.7 Å². The first-order chi connectivity index (χ1) is 14.0. The average Bonchev–Trinajstić information content (AvgIpc) is 2.63. The third kappa shape index (κ3) is 5.21. The fourth-order valence-corrected chi connectivity index (χ4v) is 3.99. The monoisotopic (exact) mass is 426 g/mol. The van der Waals surface area contributed by atoms with Gasteiger partial charge in [-0.3, -0.25) is 14.5 Å². The number of rotatable bonds is 3. The predicted molar refractivity (Wildman–Crippen MR) is 117 cm³/mol. The molecular formula is C23H26N2O4S. The number of nitrogens with zero attached hydrogens (tertiary/aromatic N) is 2. The molecule has 0 aromatic heterocycles. The molecule has 1 aliphatic heterocycles. The van der Waals surface area contributed by atoms with Crippen LogP contribution in [-0.4, -0.2) is 41.5 Å². The predicted octanol–water partition coefficient (Wildman–Crippen LogP) is 4.56. The molecule has 6 nitrogen and oxygen atoms in total. The second-order valence-electron chi connectivity index (χ2n) is 8.32. The van der Waals surface area contributed by atoms with Crippen LogP contribution >= 0.6 is 11.8 Å². The van der Waals surface area contributed by atoms with E-state index in [1.54, 1.807) is 44.7 Å². The summed E-state index contributed by atoms with van der Waals surface area (Å²) in [5, 5.41) is 0. The zero-order valence-electron chi connectivity index (χ0n) is 17.9. The maximum absolute atomic E-state index is 12.6. The molecule has 1 aliphatic rings. The highest BCUT2D eigenvalue weighted by Gasteiger charge is 2.36. The van der Waals surface area contributed by atoms with Crippen LogP contribution in [0.15, 0.2) is 52.3 Å². The van der Waals surface area contributed by atoms with Gasteiger partial charge in [-0.25, -0.2) is 9.69 Å². The normalized spacial score (nSPS) is 14.8. The molecule has 1 fully saturated rings. The van der Waals surface area contributed by atoms with E-state index in [1.807, 2.05) is 12.1 Å². The Bertz CT molecular complexity index is 962. The van der Waals surface area contributed by atoms with Gasteiger partial charge >= 0.3 is 6.09 Å². The van der Waals surface area contributed by atoms with Crippen LogP contribution in [0, 0.1) is 13.8 Å². The number of benzene rings is 2. The molecule has 0 N–H and O–H groups in total. The molecule has 3 rings (SSSR count). The van der Waals surface area contributed by atoms with Gasteiger partial charge in [-0.2, -0.15) is 0 Å². The Balaban J connectivity index is 1.70. The third-order valence-electron chi connectivity index (χ3n) is 4.46. The number of amides is 3. The van der Waals surface area contributed by atoms with Crippen LogP contribution in [-0.2, 0) is 14.3 Å². The molecule has 2 aromatic carbocycles. The minimum atomic E-state index is -0.691. The fourth-order valence-electron chi connectivity index (χ4n) is 3.11. The number of carbonyl (C=O) groups excluding carboxylic acids is 3. The van der Waals surface area contributed by atoms with Crippen molar-refractivity contribution in [2.24, 2.45) is 0 Å². The van der Waals surface area contributed by atoms with Crippen molar-refractivity contribution in [3.05, 3.63) is 53.6 Å². The number of aryl methyl sites for hydroxylation is 2. The molecular weight excluding hydrogens is 400 g/mol. The molecule has 0 aliphatic carbocycles. The maximum atomic E-state index is 12.6. The standard InChI is InChI=1S/C23H26N2O4S/c1-15-6-11-19(16(2)12-15)30-18-9-7-17(8-10-18)25-20(26)13-24(14-21(25)27)22(28)29-23(3,4)5/h6-12H,13-14H2,1-5H3. The molecule has 30 heavy (non-hydrogen) atoms. The summed E-state index contributed by atoms with van der Waals surface area (Å²) in [6.07, 6.45) is -0.663. The summed E-state index contributed by atoms with van der Waals surface area (Å²) < 4.78 is 5.27. The first kappa shape index (κ1) is 21.9. The van der Waals surface area contributed by atoms with E-state index < -0.39 is 23.5 Å². The second-order valence-corrected chi connectivity index (χ2v) is 9.44. The van der Waals surface area contributed by atoms with Gasteiger partial charge in [0.15, 0.2) is 0 Å². The van der Waals surface area contributed by atoms with E-state index in [2.05, 4.69) is 32.0 Å². The molecule has 0 unspecified atom stereocenters. The quantitative estimate of drug-likeness (QED) is 0.673. The number of carbonyl (C=O) groups is 3. The van der Waals surface area contributed by atoms with Gasteiger partial charge in [-0.15, -0.1) is 0 Å². The molecule has 0 bridgehead atoms. The summed E-state index contributed by atoms with van der Waals surface area (Å²) in [5.74, 6) is -0.904. The van der Waals surface area contributed by atoms with Crippen LogP contribution in [0.2, 0.25) is 0 Å². The molecule has 2 aromatic rings. The number of hydrogen-bond donors (Lipinski definition) is 0. The van der Waals surface area contributed by atoms with Gasteiger partial charge in [0, 0.05) is 9.79 Å². The van der Waals surface area contributed by atoms with E-state index in [-0.39, 0.29) is 13.1 Å². The summed E-state index contributed by atoms with van der Waals surface area (Å²) >= 11 is 1.63. The summed E-state index contributed by atoms with van der Waals surface area (Å²) in [5.41, 5.74) is 2.23. The van der Waals surface area contributed by atoms with Crippen molar-refractivity contribution in [2.45, 2.75) is 50.0 Å². The fraction of sp³-hybridized carbons (Fsp3) is 0.348. The Morgan fingerprint density at radius 2 is 1.57 bits per heavy atom. The third-order valence-corrected chi connectivity index (χ3v) is 5.64. The van der Waals surface area contributed by atoms with Gasteiger partial charge in [-0.1, -0.05) is 29.5 Å². The first-order valence-electron chi connectivity index (χ1n) is 9.72. The Morgan fingerprint density at radius 1 is 0.967 bits per heavy atom. The summed E-state index contributed by atoms with van der Waals surface area (Å²) in [6, 6.07) is 13.6. The number of hydrogen-bond acceptors (Lipinski definition) is 5. The lowest BCUT2D eigenvalue weighted by atomic mass is 10.2.